The summed E-state index contributed by atoms with van der Waals surface area (Å²) in [5.74, 6) is -3.69. The van der Waals surface area contributed by atoms with E-state index < -0.39 is 34.6 Å². The zero-order valence-corrected chi connectivity index (χ0v) is 20.8. The molecule has 1 N–H and O–H groups in total. The minimum atomic E-state index is -0.976. The van der Waals surface area contributed by atoms with Crippen molar-refractivity contribution in [2.45, 2.75) is 26.7 Å². The number of hydrogen-bond acceptors (Lipinski definition) is 8. The van der Waals surface area contributed by atoms with Gasteiger partial charge in [0.2, 0.25) is 0 Å². The van der Waals surface area contributed by atoms with E-state index in [0.717, 1.165) is 0 Å². The van der Waals surface area contributed by atoms with Crippen LogP contribution >= 0.6 is 11.6 Å². The Morgan fingerprint density at radius 2 is 1.89 bits per heavy atom. The Morgan fingerprint density at radius 1 is 1.17 bits per heavy atom. The molecule has 0 fully saturated rings. The number of carbonyl (C=O) groups is 3. The summed E-state index contributed by atoms with van der Waals surface area (Å²) in [6, 6.07) is 10.1. The number of rotatable bonds is 7. The van der Waals surface area contributed by atoms with E-state index in [0.29, 0.717) is 17.0 Å². The van der Waals surface area contributed by atoms with Crippen molar-refractivity contribution < 1.29 is 28.8 Å². The Hall–Kier alpha value is -4.05. The Bertz CT molecular complexity index is 1300. The minimum absolute atomic E-state index is 0.0807. The molecule has 1 aliphatic rings. The maximum Gasteiger partial charge on any atom is 0.339 e. The van der Waals surface area contributed by atoms with Crippen LogP contribution in [0.3, 0.4) is 0 Å². The Labute approximate surface area is 212 Å². The molecule has 36 heavy (non-hydrogen) atoms. The van der Waals surface area contributed by atoms with E-state index in [1.165, 1.54) is 43.5 Å². The van der Waals surface area contributed by atoms with E-state index in [9.17, 15) is 24.5 Å². The Morgan fingerprint density at radius 3 is 2.50 bits per heavy atom. The van der Waals surface area contributed by atoms with Gasteiger partial charge in [0, 0.05) is 40.7 Å². The summed E-state index contributed by atoms with van der Waals surface area (Å²) >= 11 is 6.22. The molecule has 0 aromatic heterocycles. The number of carbonyl (C=O) groups excluding carboxylic acids is 3. The van der Waals surface area contributed by atoms with Gasteiger partial charge in [-0.05, 0) is 44.5 Å². The van der Waals surface area contributed by atoms with Crippen molar-refractivity contribution >= 4 is 46.5 Å². The summed E-state index contributed by atoms with van der Waals surface area (Å²) in [6.07, 6.45) is 0. The number of halogens is 1. The van der Waals surface area contributed by atoms with Crippen LogP contribution in [0.15, 0.2) is 58.7 Å². The van der Waals surface area contributed by atoms with Crippen LogP contribution in [-0.2, 0) is 19.1 Å². The quantitative estimate of drug-likeness (QED) is 0.322. The van der Waals surface area contributed by atoms with Gasteiger partial charge in [-0.15, -0.1) is 0 Å². The molecule has 0 aliphatic carbocycles. The molecule has 2 aromatic rings. The van der Waals surface area contributed by atoms with Crippen molar-refractivity contribution in [3.05, 3.63) is 80.0 Å². The lowest BCUT2D eigenvalue weighted by Crippen LogP contribution is -2.37. The molecule has 1 aliphatic heterocycles. The zero-order valence-electron chi connectivity index (χ0n) is 20.0. The van der Waals surface area contributed by atoms with E-state index in [1.807, 2.05) is 0 Å². The second kappa shape index (κ2) is 11.1. The number of ether oxygens (including phenoxy) is 2. The molecule has 188 valence electrons. The summed E-state index contributed by atoms with van der Waals surface area (Å²) < 4.78 is 9.93. The van der Waals surface area contributed by atoms with Crippen LogP contribution in [-0.4, -0.2) is 42.2 Å². The van der Waals surface area contributed by atoms with E-state index in [-0.39, 0.29) is 34.1 Å². The number of amides is 1. The molecule has 3 rings (SSSR count). The number of nitro groups is 1. The molecule has 1 amide bonds. The van der Waals surface area contributed by atoms with Crippen LogP contribution in [0, 0.1) is 16.0 Å². The van der Waals surface area contributed by atoms with Gasteiger partial charge < -0.3 is 14.8 Å². The van der Waals surface area contributed by atoms with Crippen molar-refractivity contribution in [1.82, 2.24) is 0 Å². The summed E-state index contributed by atoms with van der Waals surface area (Å²) in [4.78, 5) is 53.5. The van der Waals surface area contributed by atoms with Gasteiger partial charge in [0.25, 0.3) is 11.6 Å². The topological polar surface area (TPSA) is 137 Å². The third-order valence-corrected chi connectivity index (χ3v) is 6.00. The number of nitrogens with one attached hydrogen (secondary N) is 1. The number of non-ortho nitro benzene ring substituents is 1. The lowest BCUT2D eigenvalue weighted by Gasteiger charge is -2.31. The first-order chi connectivity index (χ1) is 17.1. The molecular weight excluding hydrogens is 490 g/mol. The highest BCUT2D eigenvalue weighted by Crippen LogP contribution is 2.41. The number of nitrogens with zero attached hydrogens (tertiary/aromatic N) is 2. The SMILES string of the molecule is CCOC(=O)c1ccc(NC(=O)C2=C(C)N=C(C)C(C(=O)OC)C2c2cccc([N+](=O)[O-])c2)cc1Cl. The minimum Gasteiger partial charge on any atom is -0.468 e. The third-order valence-electron chi connectivity index (χ3n) is 5.69. The predicted molar refractivity (Wildman–Crippen MR) is 133 cm³/mol. The highest BCUT2D eigenvalue weighted by atomic mass is 35.5. The molecule has 0 spiro atoms. The first kappa shape index (κ1) is 26.6. The van der Waals surface area contributed by atoms with E-state index in [2.05, 4.69) is 10.3 Å². The summed E-state index contributed by atoms with van der Waals surface area (Å²) in [6.45, 7) is 5.11. The van der Waals surface area contributed by atoms with E-state index in [4.69, 9.17) is 21.1 Å². The van der Waals surface area contributed by atoms with Crippen molar-refractivity contribution in [2.75, 3.05) is 19.0 Å². The predicted octanol–water partition coefficient (Wildman–Crippen LogP) is 4.68. The van der Waals surface area contributed by atoms with Gasteiger partial charge in [-0.2, -0.15) is 0 Å². The molecule has 2 unspecified atom stereocenters. The van der Waals surface area contributed by atoms with Gasteiger partial charge >= 0.3 is 11.9 Å². The van der Waals surface area contributed by atoms with Crippen LogP contribution < -0.4 is 5.32 Å². The number of allylic oxidation sites excluding steroid dienone is 1. The fraction of sp³-hybridized carbons (Fsp3) is 0.280. The largest absolute Gasteiger partial charge is 0.468 e. The molecule has 0 saturated carbocycles. The highest BCUT2D eigenvalue weighted by molar-refractivity contribution is 6.34. The molecule has 2 atom stereocenters. The van der Waals surface area contributed by atoms with Gasteiger partial charge in [-0.3, -0.25) is 24.7 Å². The van der Waals surface area contributed by atoms with Gasteiger partial charge in [0.1, 0.15) is 5.92 Å². The Kier molecular flexibility index (Phi) is 8.21. The highest BCUT2D eigenvalue weighted by Gasteiger charge is 2.42. The van der Waals surface area contributed by atoms with Gasteiger partial charge in [-0.1, -0.05) is 23.7 Å². The first-order valence-corrected chi connectivity index (χ1v) is 11.3. The number of methoxy groups -OCH3 is 1. The average molecular weight is 514 g/mol. The molecule has 2 aromatic carbocycles. The fourth-order valence-electron chi connectivity index (χ4n) is 4.12. The van der Waals surface area contributed by atoms with Crippen LogP contribution in [0.2, 0.25) is 5.02 Å². The summed E-state index contributed by atoms with van der Waals surface area (Å²) in [5.41, 5.74) is 1.53. The fourth-order valence-corrected chi connectivity index (χ4v) is 4.38. The molecule has 11 heteroatoms. The van der Waals surface area contributed by atoms with Crippen molar-refractivity contribution in [3.8, 4) is 0 Å². The maximum atomic E-state index is 13.5. The first-order valence-electron chi connectivity index (χ1n) is 10.9. The second-order valence-electron chi connectivity index (χ2n) is 7.95. The number of hydrogen-bond donors (Lipinski definition) is 1. The third kappa shape index (κ3) is 5.44. The number of esters is 2. The lowest BCUT2D eigenvalue weighted by atomic mass is 9.75. The number of benzene rings is 2. The standard InChI is InChI=1S/C25H24ClN3O7/c1-5-36-24(31)18-10-9-16(12-19(18)26)28-23(30)20-13(2)27-14(3)21(25(32)35-4)22(20)15-7-6-8-17(11-15)29(33)34/h6-12,21-22H,5H2,1-4H3,(H,28,30). The van der Waals surface area contributed by atoms with Crippen molar-refractivity contribution in [1.29, 1.82) is 0 Å². The van der Waals surface area contributed by atoms with Crippen LogP contribution in [0.4, 0.5) is 11.4 Å². The number of nitro benzene ring substituents is 1. The maximum absolute atomic E-state index is 13.5. The van der Waals surface area contributed by atoms with Gasteiger partial charge in [0.05, 0.1) is 29.2 Å². The van der Waals surface area contributed by atoms with Crippen LogP contribution in [0.1, 0.15) is 42.6 Å². The molecular formula is C25H24ClN3O7. The van der Waals surface area contributed by atoms with Crippen molar-refractivity contribution in [3.63, 3.8) is 0 Å². The zero-order chi connectivity index (χ0) is 26.6. The van der Waals surface area contributed by atoms with Crippen molar-refractivity contribution in [2.24, 2.45) is 10.9 Å². The van der Waals surface area contributed by atoms with Gasteiger partial charge in [-0.25, -0.2) is 4.79 Å². The molecule has 0 bridgehead atoms. The monoisotopic (exact) mass is 513 g/mol. The van der Waals surface area contributed by atoms with E-state index in [1.54, 1.807) is 26.8 Å². The average Bonchev–Trinajstić information content (AvgIpc) is 2.83. The molecule has 0 radical (unpaired) electrons. The van der Waals surface area contributed by atoms with Crippen LogP contribution in [0.5, 0.6) is 0 Å². The molecule has 10 nitrogen and oxygen atoms in total. The van der Waals surface area contributed by atoms with Crippen LogP contribution in [0.25, 0.3) is 0 Å². The normalized spacial score (nSPS) is 17.2. The number of aliphatic imine (C=N–C) groups is 1. The lowest BCUT2D eigenvalue weighted by molar-refractivity contribution is -0.384. The molecule has 1 heterocycles. The Balaban J connectivity index is 2.05. The smallest absolute Gasteiger partial charge is 0.339 e. The van der Waals surface area contributed by atoms with E-state index >= 15 is 0 Å². The van der Waals surface area contributed by atoms with Gasteiger partial charge in [0.15, 0.2) is 0 Å². The summed E-state index contributed by atoms with van der Waals surface area (Å²) in [7, 11) is 1.22. The summed E-state index contributed by atoms with van der Waals surface area (Å²) in [5, 5.41) is 14.2. The number of anilines is 1. The molecule has 0 saturated heterocycles. The second-order valence-corrected chi connectivity index (χ2v) is 8.36.